The summed E-state index contributed by atoms with van der Waals surface area (Å²) in [4.78, 5) is 13.1. The van der Waals surface area contributed by atoms with Crippen molar-refractivity contribution in [1.29, 1.82) is 0 Å². The lowest BCUT2D eigenvalue weighted by Gasteiger charge is -2.20. The number of hydrogen-bond donors (Lipinski definition) is 0. The average molecular weight is 355 g/mol. The third-order valence-corrected chi connectivity index (χ3v) is 6.95. The second-order valence-corrected chi connectivity index (χ2v) is 8.44. The van der Waals surface area contributed by atoms with Gasteiger partial charge in [0.1, 0.15) is 0 Å². The van der Waals surface area contributed by atoms with Gasteiger partial charge in [0.05, 0.1) is 10.6 Å². The van der Waals surface area contributed by atoms with Gasteiger partial charge in [0.15, 0.2) is 0 Å². The van der Waals surface area contributed by atoms with E-state index in [1.807, 2.05) is 6.07 Å². The Bertz CT molecular complexity index is 1080. The van der Waals surface area contributed by atoms with E-state index in [0.717, 1.165) is 22.0 Å². The Morgan fingerprint density at radius 3 is 2.42 bits per heavy atom. The van der Waals surface area contributed by atoms with Gasteiger partial charge in [0.2, 0.25) is 5.12 Å². The third kappa shape index (κ3) is 2.14. The van der Waals surface area contributed by atoms with Crippen molar-refractivity contribution >= 4 is 43.4 Å². The van der Waals surface area contributed by atoms with Crippen LogP contribution in [0.1, 0.15) is 10.4 Å². The van der Waals surface area contributed by atoms with Gasteiger partial charge in [0, 0.05) is 28.3 Å². The minimum Gasteiger partial charge on any atom is -0.281 e. The number of carbonyl (C=O) groups excluding carboxylic acids is 1. The highest BCUT2D eigenvalue weighted by atomic mass is 32.2. The molecule has 3 aromatic carbocycles. The zero-order valence-corrected chi connectivity index (χ0v) is 14.4. The van der Waals surface area contributed by atoms with Crippen molar-refractivity contribution in [2.45, 2.75) is 9.79 Å². The maximum absolute atomic E-state index is 13.1. The first-order valence-electron chi connectivity index (χ1n) is 7.32. The number of nitrogens with zero attached hydrogens (tertiary/aromatic N) is 1. The molecule has 1 aliphatic rings. The maximum atomic E-state index is 13.1. The molecule has 0 radical (unpaired) electrons. The maximum Gasteiger partial charge on any atom is 0.264 e. The first kappa shape index (κ1) is 15.2. The third-order valence-electron chi connectivity index (χ3n) is 4.14. The largest absolute Gasteiger partial charge is 0.281 e. The number of sulfonamides is 1. The highest BCUT2D eigenvalue weighted by molar-refractivity contribution is 8.14. The van der Waals surface area contributed by atoms with Gasteiger partial charge >= 0.3 is 0 Å². The fourth-order valence-electron chi connectivity index (χ4n) is 2.91. The molecule has 3 aromatic rings. The molecule has 0 atom stereocenters. The predicted octanol–water partition coefficient (Wildman–Crippen LogP) is 3.91. The SMILES string of the molecule is CN(c1ccccc1)S(=O)(=O)c1ccc2c3c(cccc13)C(=O)S2. The molecule has 0 unspecified atom stereocenters. The number of rotatable bonds is 3. The number of para-hydroxylation sites is 1. The molecule has 0 spiro atoms. The van der Waals surface area contributed by atoms with Gasteiger partial charge in [-0.1, -0.05) is 30.3 Å². The van der Waals surface area contributed by atoms with Crippen LogP contribution in [0.2, 0.25) is 0 Å². The van der Waals surface area contributed by atoms with Crippen LogP contribution in [-0.2, 0) is 10.0 Å². The quantitative estimate of drug-likeness (QED) is 0.715. The molecule has 0 saturated carbocycles. The molecule has 0 bridgehead atoms. The first-order chi connectivity index (χ1) is 11.5. The monoisotopic (exact) mass is 355 g/mol. The minimum atomic E-state index is -3.73. The number of benzene rings is 3. The van der Waals surface area contributed by atoms with Crippen LogP contribution < -0.4 is 4.31 Å². The Kier molecular flexibility index (Phi) is 3.40. The molecule has 24 heavy (non-hydrogen) atoms. The zero-order valence-electron chi connectivity index (χ0n) is 12.8. The molecular formula is C18H13NO3S2. The summed E-state index contributed by atoms with van der Waals surface area (Å²) >= 11 is 1.15. The molecule has 1 aliphatic heterocycles. The summed E-state index contributed by atoms with van der Waals surface area (Å²) < 4.78 is 27.5. The summed E-state index contributed by atoms with van der Waals surface area (Å²) in [5, 5.41) is 1.28. The molecule has 0 aromatic heterocycles. The van der Waals surface area contributed by atoms with Crippen LogP contribution in [0.25, 0.3) is 10.8 Å². The molecule has 0 saturated heterocycles. The van der Waals surface area contributed by atoms with Crippen LogP contribution in [0.5, 0.6) is 0 Å². The van der Waals surface area contributed by atoms with E-state index in [1.54, 1.807) is 54.6 Å². The summed E-state index contributed by atoms with van der Waals surface area (Å²) in [6.45, 7) is 0. The zero-order chi connectivity index (χ0) is 16.9. The molecule has 4 rings (SSSR count). The van der Waals surface area contributed by atoms with Gasteiger partial charge in [-0.2, -0.15) is 0 Å². The molecule has 0 aliphatic carbocycles. The minimum absolute atomic E-state index is 0.0402. The lowest BCUT2D eigenvalue weighted by molar-refractivity contribution is 0.109. The lowest BCUT2D eigenvalue weighted by atomic mass is 10.1. The van der Waals surface area contributed by atoms with Gasteiger partial charge in [-0.05, 0) is 42.1 Å². The van der Waals surface area contributed by atoms with Crippen LogP contribution in [0.3, 0.4) is 0 Å². The smallest absolute Gasteiger partial charge is 0.264 e. The van der Waals surface area contributed by atoms with Gasteiger partial charge in [0.25, 0.3) is 10.0 Å². The molecule has 0 N–H and O–H groups in total. The summed E-state index contributed by atoms with van der Waals surface area (Å²) in [6, 6.07) is 17.5. The van der Waals surface area contributed by atoms with Crippen molar-refractivity contribution in [2.24, 2.45) is 0 Å². The summed E-state index contributed by atoms with van der Waals surface area (Å²) in [6.07, 6.45) is 0. The Hall–Kier alpha value is -2.31. The van der Waals surface area contributed by atoms with Gasteiger partial charge in [-0.25, -0.2) is 8.42 Å². The fraction of sp³-hybridized carbons (Fsp3) is 0.0556. The first-order valence-corrected chi connectivity index (χ1v) is 9.58. The van der Waals surface area contributed by atoms with Crippen molar-refractivity contribution in [3.63, 3.8) is 0 Å². The molecule has 1 heterocycles. The molecular weight excluding hydrogens is 342 g/mol. The predicted molar refractivity (Wildman–Crippen MR) is 96.2 cm³/mol. The van der Waals surface area contributed by atoms with E-state index in [2.05, 4.69) is 0 Å². The fourth-order valence-corrected chi connectivity index (χ4v) is 5.23. The normalized spacial score (nSPS) is 13.5. The summed E-state index contributed by atoms with van der Waals surface area (Å²) in [5.74, 6) is 0. The number of thioether (sulfide) groups is 1. The Morgan fingerprint density at radius 1 is 0.917 bits per heavy atom. The number of hydrogen-bond acceptors (Lipinski definition) is 4. The van der Waals surface area contributed by atoms with Crippen LogP contribution in [0.4, 0.5) is 5.69 Å². The molecule has 4 nitrogen and oxygen atoms in total. The Labute approximate surface area is 144 Å². The second kappa shape index (κ2) is 5.36. The van der Waals surface area contributed by atoms with Crippen molar-refractivity contribution in [1.82, 2.24) is 0 Å². The van der Waals surface area contributed by atoms with Gasteiger partial charge in [-0.15, -0.1) is 0 Å². The number of carbonyl (C=O) groups is 1. The van der Waals surface area contributed by atoms with E-state index in [1.165, 1.54) is 11.4 Å². The Balaban J connectivity index is 1.95. The Morgan fingerprint density at radius 2 is 1.67 bits per heavy atom. The summed E-state index contributed by atoms with van der Waals surface area (Å²) in [5.41, 5.74) is 1.16. The van der Waals surface area contributed by atoms with E-state index >= 15 is 0 Å². The van der Waals surface area contributed by atoms with Crippen LogP contribution in [0, 0.1) is 0 Å². The topological polar surface area (TPSA) is 54.5 Å². The second-order valence-electron chi connectivity index (χ2n) is 5.49. The van der Waals surface area contributed by atoms with Crippen molar-refractivity contribution in [2.75, 3.05) is 11.4 Å². The van der Waals surface area contributed by atoms with E-state index in [9.17, 15) is 13.2 Å². The van der Waals surface area contributed by atoms with E-state index in [-0.39, 0.29) is 10.0 Å². The van der Waals surface area contributed by atoms with E-state index in [0.29, 0.717) is 16.6 Å². The highest BCUT2D eigenvalue weighted by Crippen LogP contribution is 2.42. The van der Waals surface area contributed by atoms with Gasteiger partial charge in [-0.3, -0.25) is 9.10 Å². The van der Waals surface area contributed by atoms with Crippen molar-refractivity contribution in [3.8, 4) is 0 Å². The van der Waals surface area contributed by atoms with Crippen molar-refractivity contribution < 1.29 is 13.2 Å². The van der Waals surface area contributed by atoms with Crippen LogP contribution in [0.15, 0.2) is 70.5 Å². The number of anilines is 1. The van der Waals surface area contributed by atoms with Crippen LogP contribution >= 0.6 is 11.8 Å². The molecule has 0 amide bonds. The standard InChI is InChI=1S/C18H13NO3S2/c1-19(12-6-3-2-4-7-12)24(21,22)16-11-10-15-17-13(16)8-5-9-14(17)18(20)23-15/h2-11H,1H3. The van der Waals surface area contributed by atoms with E-state index in [4.69, 9.17) is 0 Å². The van der Waals surface area contributed by atoms with Gasteiger partial charge < -0.3 is 0 Å². The summed E-state index contributed by atoms with van der Waals surface area (Å²) in [7, 11) is -2.19. The van der Waals surface area contributed by atoms with E-state index < -0.39 is 10.0 Å². The highest BCUT2D eigenvalue weighted by Gasteiger charge is 2.29. The molecule has 120 valence electrons. The van der Waals surface area contributed by atoms with Crippen LogP contribution in [-0.4, -0.2) is 20.6 Å². The molecule has 6 heteroatoms. The van der Waals surface area contributed by atoms with Crippen molar-refractivity contribution in [3.05, 3.63) is 66.2 Å². The average Bonchev–Trinajstić information content (AvgIpc) is 2.93. The molecule has 0 fully saturated rings. The lowest BCUT2D eigenvalue weighted by Crippen LogP contribution is -2.26.